The van der Waals surface area contributed by atoms with E-state index in [0.717, 1.165) is 24.5 Å². The Morgan fingerprint density at radius 2 is 2.02 bits per heavy atom. The highest BCUT2D eigenvalue weighted by Gasteiger charge is 2.55. The molecule has 0 spiro atoms. The molecule has 1 aromatic rings. The number of nitrogens with one attached hydrogen (secondary N) is 2. The molecule has 3 atom stereocenters. The maximum Gasteiger partial charge on any atom is 0.358 e. The minimum absolute atomic E-state index is 0. The van der Waals surface area contributed by atoms with Crippen LogP contribution in [0.15, 0.2) is 28.1 Å². The van der Waals surface area contributed by atoms with Crippen molar-refractivity contribution < 1.29 is 38.7 Å². The lowest BCUT2D eigenvalue weighted by Crippen LogP contribution is -2.71. The minimum atomic E-state index is -1.09. The van der Waals surface area contributed by atoms with E-state index in [9.17, 15) is 29.2 Å². The maximum atomic E-state index is 13.4. The number of thioether (sulfide) groups is 1. The first-order valence-corrected chi connectivity index (χ1v) is 15.6. The second-order valence-corrected chi connectivity index (χ2v) is 13.3. The number of hydrogen-bond acceptors (Lipinski definition) is 15. The highest BCUT2D eigenvalue weighted by atomic mass is 35.5. The van der Waals surface area contributed by atoms with Gasteiger partial charge in [-0.2, -0.15) is 9.36 Å². The van der Waals surface area contributed by atoms with Crippen LogP contribution in [0.2, 0.25) is 0 Å². The van der Waals surface area contributed by atoms with E-state index >= 15 is 0 Å². The predicted octanol–water partition coefficient (Wildman–Crippen LogP) is -0.0150. The van der Waals surface area contributed by atoms with Gasteiger partial charge >= 0.3 is 11.9 Å². The Morgan fingerprint density at radius 1 is 1.27 bits per heavy atom. The van der Waals surface area contributed by atoms with Crippen molar-refractivity contribution in [3.05, 3.63) is 28.7 Å². The van der Waals surface area contributed by atoms with Crippen molar-refractivity contribution >= 4 is 76.2 Å². The van der Waals surface area contributed by atoms with Gasteiger partial charge in [-0.3, -0.25) is 24.1 Å². The molecule has 3 fully saturated rings. The number of carbonyl (C=O) groups is 5. The molecule has 5 heterocycles. The molecular weight excluding hydrogens is 652 g/mol. The minimum Gasteiger partial charge on any atom is -0.427 e. The quantitative estimate of drug-likeness (QED) is 0.0539. The second kappa shape index (κ2) is 13.7. The van der Waals surface area contributed by atoms with E-state index < -0.39 is 53.1 Å². The van der Waals surface area contributed by atoms with Gasteiger partial charge in [-0.05, 0) is 51.8 Å². The number of nitrogens with two attached hydrogens (primary N) is 1. The van der Waals surface area contributed by atoms with E-state index in [1.165, 1.54) is 16.7 Å². The van der Waals surface area contributed by atoms with Crippen LogP contribution in [-0.4, -0.2) is 109 Å². The normalized spacial score (nSPS) is 24.3. The molecule has 4 aliphatic rings. The van der Waals surface area contributed by atoms with Crippen molar-refractivity contribution in [3.63, 3.8) is 0 Å². The van der Waals surface area contributed by atoms with Gasteiger partial charge in [0, 0.05) is 42.0 Å². The number of allylic oxidation sites excluding steroid dienone is 1. The average Bonchev–Trinajstić information content (AvgIpc) is 3.74. The SMILES string of the molecule is CC(C)(C)C(=O)OCOC(=O)C1=C(/C=C2\CCN([C@@H]3CCNC3)C2=O)CS[C@@H]2[C@H](NC(=O)/C(=N\O)c3nsc(N)n3)C(=O)N12.Cl. The van der Waals surface area contributed by atoms with Gasteiger partial charge in [0.25, 0.3) is 11.8 Å². The largest absolute Gasteiger partial charge is 0.427 e. The molecule has 3 saturated heterocycles. The van der Waals surface area contributed by atoms with Crippen LogP contribution < -0.4 is 16.4 Å². The van der Waals surface area contributed by atoms with Gasteiger partial charge in [0.2, 0.25) is 24.2 Å². The summed E-state index contributed by atoms with van der Waals surface area (Å²) in [6.45, 7) is 6.37. The van der Waals surface area contributed by atoms with Crippen molar-refractivity contribution in [2.45, 2.75) is 51.1 Å². The van der Waals surface area contributed by atoms with E-state index in [2.05, 4.69) is 25.1 Å². The van der Waals surface area contributed by atoms with Crippen molar-refractivity contribution in [1.29, 1.82) is 0 Å². The number of amides is 3. The summed E-state index contributed by atoms with van der Waals surface area (Å²) in [6.07, 6.45) is 2.96. The molecule has 4 aliphatic heterocycles. The lowest BCUT2D eigenvalue weighted by atomic mass is 9.98. The maximum absolute atomic E-state index is 13.4. The van der Waals surface area contributed by atoms with Gasteiger partial charge in [0.1, 0.15) is 17.1 Å². The smallest absolute Gasteiger partial charge is 0.358 e. The molecule has 244 valence electrons. The standard InChI is InChI=1S/C26H32N8O8S2.ClH/c1-26(2,3)24(39)42-11-41-23(38)17-13(8-12-5-7-33(20(12)36)14-4-6-28-9-14)10-43-22-16(21(37)34(17)22)29-19(35)15(31-40)18-30-25(27)44-32-18;/h8,14,16,22,28,40H,4-7,9-11H2,1-3H3,(H,29,35)(H2,27,30,32);1H/b12-8+,31-15-;/t14-,16-,22-;/m1./s1. The Balaban J connectivity index is 0.00000461. The van der Waals surface area contributed by atoms with Crippen LogP contribution in [0.25, 0.3) is 0 Å². The average molecular weight is 685 g/mol. The van der Waals surface area contributed by atoms with Crippen LogP contribution in [0.4, 0.5) is 5.13 Å². The van der Waals surface area contributed by atoms with E-state index in [1.807, 2.05) is 4.90 Å². The van der Waals surface area contributed by atoms with Crippen molar-refractivity contribution in [2.75, 3.05) is 37.9 Å². The summed E-state index contributed by atoms with van der Waals surface area (Å²) in [7, 11) is 0. The summed E-state index contributed by atoms with van der Waals surface area (Å²) >= 11 is 2.06. The third-order valence-electron chi connectivity index (χ3n) is 7.42. The number of nitrogens with zero attached hydrogens (tertiary/aromatic N) is 5. The first kappa shape index (κ1) is 34.1. The molecule has 16 nitrogen and oxygen atoms in total. The Hall–Kier alpha value is -3.74. The van der Waals surface area contributed by atoms with Crippen LogP contribution in [0, 0.1) is 5.41 Å². The van der Waals surface area contributed by atoms with Crippen LogP contribution in [0.5, 0.6) is 0 Å². The molecule has 3 amide bonds. The first-order chi connectivity index (χ1) is 20.9. The van der Waals surface area contributed by atoms with Gasteiger partial charge in [-0.1, -0.05) is 5.16 Å². The summed E-state index contributed by atoms with van der Waals surface area (Å²) < 4.78 is 14.2. The van der Waals surface area contributed by atoms with Crippen LogP contribution >= 0.6 is 35.7 Å². The lowest BCUT2D eigenvalue weighted by Gasteiger charge is -2.49. The summed E-state index contributed by atoms with van der Waals surface area (Å²) in [4.78, 5) is 71.9. The van der Waals surface area contributed by atoms with Crippen molar-refractivity contribution in [3.8, 4) is 0 Å². The Morgan fingerprint density at radius 3 is 2.64 bits per heavy atom. The monoisotopic (exact) mass is 684 g/mol. The van der Waals surface area contributed by atoms with Gasteiger partial charge < -0.3 is 35.9 Å². The number of rotatable bonds is 8. The number of aromatic nitrogens is 2. The molecule has 5 N–H and O–H groups in total. The van der Waals surface area contributed by atoms with E-state index in [0.29, 0.717) is 30.7 Å². The zero-order valence-electron chi connectivity index (χ0n) is 24.6. The lowest BCUT2D eigenvalue weighted by molar-refractivity contribution is -0.173. The third-order valence-corrected chi connectivity index (χ3v) is 9.26. The Kier molecular flexibility index (Phi) is 10.4. The molecule has 0 unspecified atom stereocenters. The fourth-order valence-corrected chi connectivity index (χ4v) is 6.87. The number of likely N-dealkylation sites (tertiary alicyclic amines) is 1. The highest BCUT2D eigenvalue weighted by molar-refractivity contribution is 8.00. The van der Waals surface area contributed by atoms with Gasteiger partial charge in [0.05, 0.1) is 5.41 Å². The van der Waals surface area contributed by atoms with Crippen LogP contribution in [-0.2, 0) is 33.4 Å². The fraction of sp³-hybridized carbons (Fsp3) is 0.538. The number of nitrogen functional groups attached to an aromatic ring is 1. The molecule has 5 rings (SSSR count). The van der Waals surface area contributed by atoms with Gasteiger partial charge in [-0.25, -0.2) is 4.79 Å². The number of fused-ring (bicyclic) bond motifs is 1. The van der Waals surface area contributed by atoms with Crippen LogP contribution in [0.3, 0.4) is 0 Å². The number of hydrogen-bond donors (Lipinski definition) is 4. The predicted molar refractivity (Wildman–Crippen MR) is 164 cm³/mol. The van der Waals surface area contributed by atoms with Crippen molar-refractivity contribution in [2.24, 2.45) is 10.6 Å². The Bertz CT molecular complexity index is 1480. The van der Waals surface area contributed by atoms with E-state index in [1.54, 1.807) is 26.8 Å². The summed E-state index contributed by atoms with van der Waals surface area (Å²) in [6, 6.07) is -0.992. The molecule has 19 heteroatoms. The third kappa shape index (κ3) is 6.92. The molecule has 0 aliphatic carbocycles. The molecular formula is C26H33ClN8O8S2. The van der Waals surface area contributed by atoms with Crippen molar-refractivity contribution in [1.82, 2.24) is 29.8 Å². The molecule has 45 heavy (non-hydrogen) atoms. The first-order valence-electron chi connectivity index (χ1n) is 13.8. The Labute approximate surface area is 272 Å². The number of halogens is 1. The summed E-state index contributed by atoms with van der Waals surface area (Å²) in [5, 5.41) is 17.4. The summed E-state index contributed by atoms with van der Waals surface area (Å²) in [5.74, 6) is -3.20. The summed E-state index contributed by atoms with van der Waals surface area (Å²) in [5.41, 5.74) is 4.99. The number of ether oxygens (including phenoxy) is 2. The molecule has 0 bridgehead atoms. The molecule has 1 aromatic heterocycles. The van der Waals surface area contributed by atoms with E-state index in [4.69, 9.17) is 15.2 Å². The highest BCUT2D eigenvalue weighted by Crippen LogP contribution is 2.42. The van der Waals surface area contributed by atoms with Gasteiger partial charge in [0.15, 0.2) is 5.13 Å². The van der Waals surface area contributed by atoms with Crippen LogP contribution in [0.1, 0.15) is 39.4 Å². The number of esters is 2. The number of β-lactam (4-membered cyclic amide) rings is 1. The van der Waals surface area contributed by atoms with Gasteiger partial charge in [-0.15, -0.1) is 24.2 Å². The number of anilines is 1. The zero-order chi connectivity index (χ0) is 31.8. The fourth-order valence-electron chi connectivity index (χ4n) is 5.13. The molecule has 0 radical (unpaired) electrons. The zero-order valence-corrected chi connectivity index (χ0v) is 27.1. The number of oxime groups is 1. The number of carbonyl (C=O) groups excluding carboxylic acids is 5. The topological polar surface area (TPSA) is 219 Å². The molecule has 0 saturated carbocycles. The van der Waals surface area contributed by atoms with E-state index in [-0.39, 0.29) is 46.8 Å². The second-order valence-electron chi connectivity index (χ2n) is 11.4. The molecule has 0 aromatic carbocycles.